The van der Waals surface area contributed by atoms with E-state index in [0.717, 1.165) is 5.69 Å². The van der Waals surface area contributed by atoms with Crippen molar-refractivity contribution in [2.45, 2.75) is 6.92 Å². The third kappa shape index (κ3) is 3.32. The van der Waals surface area contributed by atoms with Crippen molar-refractivity contribution in [2.24, 2.45) is 0 Å². The van der Waals surface area contributed by atoms with Gasteiger partial charge in [-0.05, 0) is 6.92 Å². The van der Waals surface area contributed by atoms with Crippen LogP contribution in [0.5, 0.6) is 5.88 Å². The van der Waals surface area contributed by atoms with Gasteiger partial charge in [-0.2, -0.15) is 4.98 Å². The molecular weight excluding hydrogens is 210 g/mol. The van der Waals surface area contributed by atoms with E-state index in [0.29, 0.717) is 24.9 Å². The molecule has 6 nitrogen and oxygen atoms in total. The molecule has 1 heterocycles. The zero-order valence-electron chi connectivity index (χ0n) is 9.55. The van der Waals surface area contributed by atoms with Gasteiger partial charge in [-0.1, -0.05) is 0 Å². The number of rotatable bonds is 6. The molecule has 0 aliphatic carbocycles. The predicted molar refractivity (Wildman–Crippen MR) is 59.7 cm³/mol. The number of ether oxygens (including phenoxy) is 1. The number of hydrogen-bond donors (Lipinski definition) is 2. The van der Waals surface area contributed by atoms with Crippen LogP contribution in [0.1, 0.15) is 5.69 Å². The Kier molecular flexibility index (Phi) is 4.94. The molecule has 0 fully saturated rings. The molecule has 90 valence electrons. The van der Waals surface area contributed by atoms with Crippen molar-refractivity contribution in [3.63, 3.8) is 0 Å². The second kappa shape index (κ2) is 6.24. The van der Waals surface area contributed by atoms with Crippen molar-refractivity contribution in [2.75, 3.05) is 38.3 Å². The number of anilines is 1. The highest BCUT2D eigenvalue weighted by atomic mass is 16.5. The van der Waals surface area contributed by atoms with Gasteiger partial charge in [0.25, 0.3) is 0 Å². The standard InChI is InChI=1S/C10H17N3O3/c1-8-7-9(16-2)12-10(11-8)13(3-5-14)4-6-15/h7,14-15H,3-6H2,1-2H3. The average Bonchev–Trinajstić information content (AvgIpc) is 2.28. The van der Waals surface area contributed by atoms with Gasteiger partial charge in [0.05, 0.1) is 20.3 Å². The largest absolute Gasteiger partial charge is 0.481 e. The lowest BCUT2D eigenvalue weighted by Crippen LogP contribution is -2.31. The minimum absolute atomic E-state index is 0.0143. The molecular formula is C10H17N3O3. The summed E-state index contributed by atoms with van der Waals surface area (Å²) in [6, 6.07) is 1.72. The Labute approximate surface area is 94.5 Å². The van der Waals surface area contributed by atoms with Gasteiger partial charge in [0, 0.05) is 24.8 Å². The Balaban J connectivity index is 2.93. The van der Waals surface area contributed by atoms with Crippen molar-refractivity contribution in [3.8, 4) is 5.88 Å². The zero-order valence-corrected chi connectivity index (χ0v) is 9.55. The maximum absolute atomic E-state index is 8.91. The lowest BCUT2D eigenvalue weighted by atomic mass is 10.4. The first kappa shape index (κ1) is 12.7. The quantitative estimate of drug-likeness (QED) is 0.687. The molecule has 0 saturated heterocycles. The molecule has 2 N–H and O–H groups in total. The number of aromatic nitrogens is 2. The summed E-state index contributed by atoms with van der Waals surface area (Å²) < 4.78 is 5.04. The summed E-state index contributed by atoms with van der Waals surface area (Å²) in [6.45, 7) is 2.57. The molecule has 6 heteroatoms. The zero-order chi connectivity index (χ0) is 12.0. The van der Waals surface area contributed by atoms with E-state index in [9.17, 15) is 0 Å². The van der Waals surface area contributed by atoms with Gasteiger partial charge >= 0.3 is 0 Å². The third-order valence-electron chi connectivity index (χ3n) is 2.05. The van der Waals surface area contributed by atoms with Crippen LogP contribution in [0.15, 0.2) is 6.07 Å². The SMILES string of the molecule is COc1cc(C)nc(N(CCO)CCO)n1. The fourth-order valence-electron chi connectivity index (χ4n) is 1.32. The monoisotopic (exact) mass is 227 g/mol. The van der Waals surface area contributed by atoms with Gasteiger partial charge < -0.3 is 19.8 Å². The molecule has 1 aromatic heterocycles. The summed E-state index contributed by atoms with van der Waals surface area (Å²) in [5, 5.41) is 17.8. The van der Waals surface area contributed by atoms with Gasteiger partial charge in [-0.15, -0.1) is 0 Å². The van der Waals surface area contributed by atoms with Gasteiger partial charge in [-0.3, -0.25) is 0 Å². The second-order valence-corrected chi connectivity index (χ2v) is 3.29. The molecule has 0 bridgehead atoms. The Morgan fingerprint density at radius 1 is 1.25 bits per heavy atom. The minimum atomic E-state index is -0.0143. The summed E-state index contributed by atoms with van der Waals surface area (Å²) in [5.74, 6) is 0.934. The molecule has 1 aromatic rings. The first-order chi connectivity index (χ1) is 7.71. The fourth-order valence-corrected chi connectivity index (χ4v) is 1.32. The second-order valence-electron chi connectivity index (χ2n) is 3.29. The number of aryl methyl sites for hydroxylation is 1. The number of aliphatic hydroxyl groups excluding tert-OH is 2. The van der Waals surface area contributed by atoms with E-state index < -0.39 is 0 Å². The van der Waals surface area contributed by atoms with Crippen LogP contribution in [0, 0.1) is 6.92 Å². The maximum Gasteiger partial charge on any atom is 0.229 e. The van der Waals surface area contributed by atoms with Gasteiger partial charge in [0.15, 0.2) is 0 Å². The molecule has 0 saturated carbocycles. The molecule has 0 atom stereocenters. The van der Waals surface area contributed by atoms with Crippen molar-refractivity contribution in [3.05, 3.63) is 11.8 Å². The highest BCUT2D eigenvalue weighted by Crippen LogP contribution is 2.14. The first-order valence-electron chi connectivity index (χ1n) is 5.07. The van der Waals surface area contributed by atoms with Gasteiger partial charge in [0.2, 0.25) is 11.8 Å². The molecule has 1 rings (SSSR count). The van der Waals surface area contributed by atoms with Crippen LogP contribution in [0.2, 0.25) is 0 Å². The average molecular weight is 227 g/mol. The topological polar surface area (TPSA) is 78.7 Å². The molecule has 0 aliphatic rings. The molecule has 0 amide bonds. The molecule has 16 heavy (non-hydrogen) atoms. The van der Waals surface area contributed by atoms with Crippen LogP contribution in [-0.4, -0.2) is 53.6 Å². The summed E-state index contributed by atoms with van der Waals surface area (Å²) >= 11 is 0. The van der Waals surface area contributed by atoms with Crippen LogP contribution < -0.4 is 9.64 Å². The number of aliphatic hydroxyl groups is 2. The Hall–Kier alpha value is -1.40. The lowest BCUT2D eigenvalue weighted by molar-refractivity contribution is 0.279. The lowest BCUT2D eigenvalue weighted by Gasteiger charge is -2.21. The van der Waals surface area contributed by atoms with Crippen molar-refractivity contribution in [1.29, 1.82) is 0 Å². The molecule has 0 aliphatic heterocycles. The highest BCUT2D eigenvalue weighted by molar-refractivity contribution is 5.34. The van der Waals surface area contributed by atoms with Crippen molar-refractivity contribution < 1.29 is 14.9 Å². The molecule has 0 radical (unpaired) electrons. The fraction of sp³-hybridized carbons (Fsp3) is 0.600. The maximum atomic E-state index is 8.91. The van der Waals surface area contributed by atoms with E-state index >= 15 is 0 Å². The van der Waals surface area contributed by atoms with Crippen LogP contribution in [-0.2, 0) is 0 Å². The number of hydrogen-bond acceptors (Lipinski definition) is 6. The van der Waals surface area contributed by atoms with E-state index in [2.05, 4.69) is 9.97 Å². The first-order valence-corrected chi connectivity index (χ1v) is 5.07. The molecule has 0 aromatic carbocycles. The van der Waals surface area contributed by atoms with Crippen molar-refractivity contribution in [1.82, 2.24) is 9.97 Å². The van der Waals surface area contributed by atoms with Gasteiger partial charge in [-0.25, -0.2) is 4.98 Å². The normalized spacial score (nSPS) is 10.2. The summed E-state index contributed by atoms with van der Waals surface area (Å²) in [4.78, 5) is 10.1. The number of nitrogens with zero attached hydrogens (tertiary/aromatic N) is 3. The van der Waals surface area contributed by atoms with E-state index in [1.165, 1.54) is 7.11 Å². The Bertz CT molecular complexity index is 327. The van der Waals surface area contributed by atoms with Gasteiger partial charge in [0.1, 0.15) is 0 Å². The Morgan fingerprint density at radius 2 is 1.88 bits per heavy atom. The van der Waals surface area contributed by atoms with Crippen LogP contribution in [0.3, 0.4) is 0 Å². The van der Waals surface area contributed by atoms with Crippen molar-refractivity contribution >= 4 is 5.95 Å². The third-order valence-corrected chi connectivity index (χ3v) is 2.05. The summed E-state index contributed by atoms with van der Waals surface area (Å²) in [5.41, 5.74) is 0.780. The predicted octanol–water partition coefficient (Wildman–Crippen LogP) is -0.415. The van der Waals surface area contributed by atoms with Crippen LogP contribution in [0.4, 0.5) is 5.95 Å². The molecule has 0 unspecified atom stereocenters. The number of methoxy groups -OCH3 is 1. The van der Waals surface area contributed by atoms with E-state index in [-0.39, 0.29) is 13.2 Å². The minimum Gasteiger partial charge on any atom is -0.481 e. The summed E-state index contributed by atoms with van der Waals surface area (Å²) in [7, 11) is 1.54. The highest BCUT2D eigenvalue weighted by Gasteiger charge is 2.10. The molecule has 0 spiro atoms. The van der Waals surface area contributed by atoms with E-state index in [4.69, 9.17) is 14.9 Å². The van der Waals surface area contributed by atoms with E-state index in [1.54, 1.807) is 11.0 Å². The van der Waals surface area contributed by atoms with Crippen LogP contribution >= 0.6 is 0 Å². The summed E-state index contributed by atoms with van der Waals surface area (Å²) in [6.07, 6.45) is 0. The van der Waals surface area contributed by atoms with Crippen LogP contribution in [0.25, 0.3) is 0 Å². The smallest absolute Gasteiger partial charge is 0.229 e. The Morgan fingerprint density at radius 3 is 2.38 bits per heavy atom. The van der Waals surface area contributed by atoms with E-state index in [1.807, 2.05) is 6.92 Å².